The van der Waals surface area contributed by atoms with Gasteiger partial charge in [-0.2, -0.15) is 0 Å². The second-order valence-corrected chi connectivity index (χ2v) is 10.4. The Morgan fingerprint density at radius 3 is 1.67 bits per heavy atom. The van der Waals surface area contributed by atoms with E-state index in [1.165, 1.54) is 27.7 Å². The Morgan fingerprint density at radius 2 is 1.33 bits per heavy atom. The molecule has 13 heteroatoms. The van der Waals surface area contributed by atoms with E-state index in [0.29, 0.717) is 11.8 Å². The summed E-state index contributed by atoms with van der Waals surface area (Å²) in [4.78, 5) is 82.9. The van der Waals surface area contributed by atoms with Crippen LogP contribution in [0.2, 0.25) is 0 Å². The number of carboxylic acids is 1. The number of hydrogen-bond acceptors (Lipinski definition) is 10. The van der Waals surface area contributed by atoms with Gasteiger partial charge in [0, 0.05) is 18.2 Å². The van der Waals surface area contributed by atoms with E-state index in [1.807, 2.05) is 0 Å². The van der Waals surface area contributed by atoms with E-state index in [4.69, 9.17) is 4.11 Å². The first kappa shape index (κ1) is 30.8. The van der Waals surface area contributed by atoms with Crippen molar-refractivity contribution in [3.63, 3.8) is 0 Å². The Kier molecular flexibility index (Phi) is 10.3. The fourth-order valence-corrected chi connectivity index (χ4v) is 4.34. The van der Waals surface area contributed by atoms with Crippen LogP contribution in [0.25, 0.3) is 0 Å². The van der Waals surface area contributed by atoms with Crippen molar-refractivity contribution in [2.45, 2.75) is 96.7 Å². The van der Waals surface area contributed by atoms with Crippen LogP contribution in [0.5, 0.6) is 0 Å². The number of rotatable bonds is 15. The number of aliphatic hydroxyl groups excluding tert-OH is 2. The van der Waals surface area contributed by atoms with Crippen LogP contribution in [0.15, 0.2) is 0 Å². The predicted octanol–water partition coefficient (Wildman–Crippen LogP) is -1.00. The Morgan fingerprint density at radius 1 is 0.872 bits per heavy atom. The number of Topliss-reactive ketones (excluding diaryl/α,β-unsaturated/α-hetero) is 3. The van der Waals surface area contributed by atoms with Crippen LogP contribution >= 0.6 is 0 Å². The molecule has 0 heterocycles. The van der Waals surface area contributed by atoms with Crippen molar-refractivity contribution < 1.29 is 53.3 Å². The van der Waals surface area contributed by atoms with Gasteiger partial charge in [-0.1, -0.05) is 34.1 Å². The molecule has 0 rings (SSSR count). The first-order chi connectivity index (χ1) is 19.1. The van der Waals surface area contributed by atoms with Crippen LogP contribution in [0, 0.1) is 11.8 Å². The third-order valence-corrected chi connectivity index (χ3v) is 7.18. The van der Waals surface area contributed by atoms with Crippen LogP contribution in [-0.4, -0.2) is 121 Å². The van der Waals surface area contributed by atoms with Crippen molar-refractivity contribution in [2.75, 3.05) is 21.1 Å². The number of aliphatic hydroxyl groups is 3. The fourth-order valence-electron chi connectivity index (χ4n) is 4.34. The highest BCUT2D eigenvalue weighted by atomic mass is 16.4. The number of ketones is 3. The summed E-state index contributed by atoms with van der Waals surface area (Å²) in [5.41, 5.74) is -9.49. The van der Waals surface area contributed by atoms with E-state index in [1.54, 1.807) is 0 Å². The van der Waals surface area contributed by atoms with Gasteiger partial charge < -0.3 is 35.5 Å². The molecule has 0 bridgehead atoms. The summed E-state index contributed by atoms with van der Waals surface area (Å²) in [5.74, 6) is -11.6. The zero-order valence-corrected chi connectivity index (χ0v) is 23.8. The molecule has 0 aliphatic carbocycles. The minimum Gasteiger partial charge on any atom is -0.479 e. The molecule has 0 radical (unpaired) electrons. The number of carbonyl (C=O) groups excluding carboxylic acids is 5. The van der Waals surface area contributed by atoms with Crippen molar-refractivity contribution in [1.29, 1.82) is 0 Å². The lowest BCUT2D eigenvalue weighted by Gasteiger charge is -2.51. The smallest absolute Gasteiger partial charge is 0.343 e. The first-order valence-electron chi connectivity index (χ1n) is 14.5. The standard InChI is InChI=1S/C26H45N3O10/c1-12-14(4)26(29(11)20(34)16(6)31,22(36)25(8,39)23(37)38)21(35)24(7,28(10)19(33)15(5)30)18(32)17(27-9)13(2)3/h13-17,27,30-31,39H,12H2,1-11H3,(H,37,38)/t14-,15-,16+,17-,24+,25+,26+/m0/s1/i9D,10D,11D. The fraction of sp³-hybridized carbons (Fsp3) is 0.769. The van der Waals surface area contributed by atoms with E-state index in [9.17, 15) is 44.4 Å². The summed E-state index contributed by atoms with van der Waals surface area (Å²) in [5, 5.41) is 43.5. The molecule has 0 spiro atoms. The van der Waals surface area contributed by atoms with E-state index in [0.717, 1.165) is 20.8 Å². The van der Waals surface area contributed by atoms with E-state index in [2.05, 4.69) is 5.32 Å². The Hall–Kier alpha value is -2.74. The highest BCUT2D eigenvalue weighted by Gasteiger charge is 2.67. The van der Waals surface area contributed by atoms with Crippen molar-refractivity contribution >= 4 is 35.1 Å². The lowest BCUT2D eigenvalue weighted by Crippen LogP contribution is -2.78. The molecule has 7 atom stereocenters. The zero-order chi connectivity index (χ0) is 33.5. The molecule has 224 valence electrons. The maximum absolute atomic E-state index is 15.1. The van der Waals surface area contributed by atoms with Gasteiger partial charge in [0.1, 0.15) is 12.2 Å². The molecule has 39 heavy (non-hydrogen) atoms. The number of nitrogens with one attached hydrogen (secondary N) is 1. The summed E-state index contributed by atoms with van der Waals surface area (Å²) < 4.78 is 23.8. The zero-order valence-electron chi connectivity index (χ0n) is 26.8. The van der Waals surface area contributed by atoms with Gasteiger partial charge in [0.15, 0.2) is 22.6 Å². The second kappa shape index (κ2) is 13.1. The topological polar surface area (TPSA) is 202 Å². The molecule has 0 fully saturated rings. The molecule has 2 amide bonds. The molecule has 5 N–H and O–H groups in total. The molecule has 0 aromatic rings. The van der Waals surface area contributed by atoms with Gasteiger partial charge in [0.25, 0.3) is 11.8 Å². The molecular formula is C26H45N3O10. The van der Waals surface area contributed by atoms with Crippen LogP contribution in [-0.2, 0) is 28.8 Å². The number of carbonyl (C=O) groups is 6. The number of amides is 2. The van der Waals surface area contributed by atoms with Crippen molar-refractivity contribution in [3.05, 3.63) is 0 Å². The molecule has 0 aromatic heterocycles. The summed E-state index contributed by atoms with van der Waals surface area (Å²) in [6.45, 7) is 9.09. The van der Waals surface area contributed by atoms with Gasteiger partial charge in [0.05, 0.1) is 6.04 Å². The van der Waals surface area contributed by atoms with Gasteiger partial charge in [-0.05, 0) is 46.6 Å². The summed E-state index contributed by atoms with van der Waals surface area (Å²) in [7, 11) is -2.93. The largest absolute Gasteiger partial charge is 0.479 e. The molecule has 0 aliphatic heterocycles. The highest BCUT2D eigenvalue weighted by Crippen LogP contribution is 2.39. The maximum Gasteiger partial charge on any atom is 0.343 e. The number of hydrogen-bond donors (Lipinski definition) is 5. The predicted molar refractivity (Wildman–Crippen MR) is 140 cm³/mol. The van der Waals surface area contributed by atoms with E-state index < -0.39 is 103 Å². The van der Waals surface area contributed by atoms with Gasteiger partial charge in [-0.25, -0.2) is 4.79 Å². The van der Waals surface area contributed by atoms with Gasteiger partial charge in [-0.3, -0.25) is 24.0 Å². The molecule has 0 aliphatic rings. The molecule has 0 aromatic carbocycles. The van der Waals surface area contributed by atoms with Crippen LogP contribution in [0.3, 0.4) is 0 Å². The monoisotopic (exact) mass is 562 g/mol. The Bertz CT molecular complexity index is 1040. The van der Waals surface area contributed by atoms with Crippen molar-refractivity contribution in [3.8, 4) is 0 Å². The van der Waals surface area contributed by atoms with Crippen molar-refractivity contribution in [1.82, 2.24) is 15.1 Å². The number of likely N-dealkylation sites (N-methyl/N-ethyl adjacent to an activating group) is 3. The number of carboxylic acid groups (broad SMARTS) is 1. The van der Waals surface area contributed by atoms with E-state index in [-0.39, 0.29) is 11.3 Å². The van der Waals surface area contributed by atoms with Crippen molar-refractivity contribution in [2.24, 2.45) is 11.8 Å². The van der Waals surface area contributed by atoms with Crippen LogP contribution in [0.4, 0.5) is 0 Å². The number of nitrogens with zero attached hydrogens (tertiary/aromatic N) is 2. The normalized spacial score (nSPS) is 20.4. The maximum atomic E-state index is 15.1. The minimum atomic E-state index is -3.40. The quantitative estimate of drug-likeness (QED) is 0.153. The number of aliphatic carboxylic acids is 1. The molecule has 13 nitrogen and oxygen atoms in total. The second-order valence-electron chi connectivity index (χ2n) is 10.4. The Labute approximate surface area is 233 Å². The van der Waals surface area contributed by atoms with Gasteiger partial charge in [0.2, 0.25) is 11.4 Å². The minimum absolute atomic E-state index is 0.190. The molecule has 0 saturated carbocycles. The molecular weight excluding hydrogens is 514 g/mol. The van der Waals surface area contributed by atoms with Gasteiger partial charge in [-0.15, -0.1) is 0 Å². The Balaban J connectivity index is 8.50. The summed E-state index contributed by atoms with van der Waals surface area (Å²) in [6, 6.07) is -1.38. The first-order valence-corrected chi connectivity index (χ1v) is 12.3. The van der Waals surface area contributed by atoms with Crippen LogP contribution < -0.4 is 5.32 Å². The third kappa shape index (κ3) is 6.21. The highest BCUT2D eigenvalue weighted by molar-refractivity contribution is 6.30. The lowest BCUT2D eigenvalue weighted by atomic mass is 9.63. The van der Waals surface area contributed by atoms with Crippen LogP contribution in [0.1, 0.15) is 65.9 Å². The summed E-state index contributed by atoms with van der Waals surface area (Å²) in [6.07, 6.45) is -4.01. The lowest BCUT2D eigenvalue weighted by molar-refractivity contribution is -0.180. The average molecular weight is 563 g/mol. The average Bonchev–Trinajstić information content (AvgIpc) is 2.92. The third-order valence-electron chi connectivity index (χ3n) is 7.18. The molecule has 0 saturated heterocycles. The molecule has 0 unspecified atom stereocenters. The van der Waals surface area contributed by atoms with Gasteiger partial charge >= 0.3 is 5.97 Å². The van der Waals surface area contributed by atoms with E-state index >= 15 is 4.79 Å². The summed E-state index contributed by atoms with van der Waals surface area (Å²) >= 11 is 0. The SMILES string of the molecule is [2H]CN[C@H](C(=O)[C@](C)(C(=O)[C@@](C(=O)[C@@](C)(O)C(=O)O)([C@@H](C)CC)N(C[2H])C(=O)[C@@H](C)O)N(C[2H])C(=O)[C@H](C)O)C(C)C.